The predicted molar refractivity (Wildman–Crippen MR) is 71.5 cm³/mol. The summed E-state index contributed by atoms with van der Waals surface area (Å²) < 4.78 is 10.6. The Labute approximate surface area is 116 Å². The second-order valence-corrected chi connectivity index (χ2v) is 4.89. The van der Waals surface area contributed by atoms with E-state index in [0.29, 0.717) is 31.1 Å². The van der Waals surface area contributed by atoms with E-state index in [2.05, 4.69) is 15.5 Å². The van der Waals surface area contributed by atoms with Crippen LogP contribution in [0.1, 0.15) is 29.7 Å². The summed E-state index contributed by atoms with van der Waals surface area (Å²) >= 11 is 0. The van der Waals surface area contributed by atoms with Gasteiger partial charge in [0.15, 0.2) is 5.82 Å². The van der Waals surface area contributed by atoms with Crippen LogP contribution in [0.15, 0.2) is 28.8 Å². The van der Waals surface area contributed by atoms with Gasteiger partial charge in [-0.15, -0.1) is 0 Å². The van der Waals surface area contributed by atoms with Gasteiger partial charge < -0.3 is 19.7 Å². The fourth-order valence-electron chi connectivity index (χ4n) is 2.41. The Hall–Kier alpha value is -1.92. The first-order chi connectivity index (χ1) is 9.76. The minimum absolute atomic E-state index is 0.0519. The van der Waals surface area contributed by atoms with Crippen LogP contribution < -0.4 is 10.1 Å². The molecule has 2 aromatic rings. The SMILES string of the molecule is COc1ccccc1Cc1noc([C@H]2C[C@@H](O)CN2)n1. The van der Waals surface area contributed by atoms with Crippen molar-refractivity contribution >= 4 is 0 Å². The maximum absolute atomic E-state index is 9.50. The second-order valence-electron chi connectivity index (χ2n) is 4.89. The summed E-state index contributed by atoms with van der Waals surface area (Å²) in [6, 6.07) is 7.71. The van der Waals surface area contributed by atoms with Crippen molar-refractivity contribution in [3.05, 3.63) is 41.5 Å². The van der Waals surface area contributed by atoms with Gasteiger partial charge in [0.2, 0.25) is 5.89 Å². The zero-order chi connectivity index (χ0) is 13.9. The number of hydrogen-bond donors (Lipinski definition) is 2. The molecule has 0 bridgehead atoms. The molecule has 1 aromatic carbocycles. The number of aliphatic hydroxyl groups excluding tert-OH is 1. The highest BCUT2D eigenvalue weighted by molar-refractivity contribution is 5.35. The lowest BCUT2D eigenvalue weighted by molar-refractivity contribution is 0.191. The molecule has 3 rings (SSSR count). The van der Waals surface area contributed by atoms with Crippen LogP contribution in [0.3, 0.4) is 0 Å². The molecule has 20 heavy (non-hydrogen) atoms. The van der Waals surface area contributed by atoms with Gasteiger partial charge in [0.25, 0.3) is 0 Å². The number of aromatic nitrogens is 2. The fraction of sp³-hybridized carbons (Fsp3) is 0.429. The van der Waals surface area contributed by atoms with Crippen LogP contribution in [0.25, 0.3) is 0 Å². The number of para-hydroxylation sites is 1. The molecule has 2 heterocycles. The molecule has 1 aliphatic rings. The lowest BCUT2D eigenvalue weighted by Gasteiger charge is -2.05. The molecule has 0 radical (unpaired) electrons. The van der Waals surface area contributed by atoms with Crippen LogP contribution >= 0.6 is 0 Å². The molecule has 1 fully saturated rings. The van der Waals surface area contributed by atoms with E-state index in [4.69, 9.17) is 9.26 Å². The van der Waals surface area contributed by atoms with Crippen molar-refractivity contribution in [1.29, 1.82) is 0 Å². The van der Waals surface area contributed by atoms with Crippen molar-refractivity contribution in [3.63, 3.8) is 0 Å². The average Bonchev–Trinajstić information content (AvgIpc) is 3.08. The quantitative estimate of drug-likeness (QED) is 0.868. The Bertz CT molecular complexity index is 585. The summed E-state index contributed by atoms with van der Waals surface area (Å²) in [7, 11) is 1.64. The summed E-state index contributed by atoms with van der Waals surface area (Å²) in [6.45, 7) is 0.564. The van der Waals surface area contributed by atoms with Crippen LogP contribution in [0.2, 0.25) is 0 Å². The van der Waals surface area contributed by atoms with E-state index < -0.39 is 0 Å². The third-order valence-corrected chi connectivity index (χ3v) is 3.43. The molecule has 0 amide bonds. The van der Waals surface area contributed by atoms with Crippen LogP contribution in [0, 0.1) is 0 Å². The number of hydrogen-bond acceptors (Lipinski definition) is 6. The number of ether oxygens (including phenoxy) is 1. The van der Waals surface area contributed by atoms with E-state index in [1.807, 2.05) is 24.3 Å². The first-order valence-corrected chi connectivity index (χ1v) is 6.62. The normalized spacial score (nSPS) is 22.1. The number of rotatable bonds is 4. The van der Waals surface area contributed by atoms with Gasteiger partial charge in [-0.25, -0.2) is 0 Å². The molecule has 6 nitrogen and oxygen atoms in total. The van der Waals surface area contributed by atoms with E-state index in [-0.39, 0.29) is 12.1 Å². The molecule has 1 saturated heterocycles. The van der Waals surface area contributed by atoms with Crippen molar-refractivity contribution in [3.8, 4) is 5.75 Å². The molecule has 0 unspecified atom stereocenters. The van der Waals surface area contributed by atoms with Gasteiger partial charge in [0.05, 0.1) is 19.3 Å². The number of methoxy groups -OCH3 is 1. The molecule has 1 aromatic heterocycles. The smallest absolute Gasteiger partial charge is 0.243 e. The minimum Gasteiger partial charge on any atom is -0.496 e. The Morgan fingerprint density at radius 3 is 3.05 bits per heavy atom. The van der Waals surface area contributed by atoms with Crippen molar-refractivity contribution in [2.24, 2.45) is 0 Å². The number of benzene rings is 1. The molecule has 2 atom stereocenters. The number of β-amino-alcohol motifs (C(OH)–C–C–N with tert-alkyl or cyclic N) is 1. The second kappa shape index (κ2) is 5.60. The molecule has 0 spiro atoms. The highest BCUT2D eigenvalue weighted by Crippen LogP contribution is 2.24. The van der Waals surface area contributed by atoms with Gasteiger partial charge in [-0.2, -0.15) is 4.98 Å². The van der Waals surface area contributed by atoms with E-state index in [1.54, 1.807) is 7.11 Å². The van der Waals surface area contributed by atoms with E-state index in [9.17, 15) is 5.11 Å². The van der Waals surface area contributed by atoms with Gasteiger partial charge in [-0.1, -0.05) is 23.4 Å². The molecule has 0 saturated carbocycles. The molecule has 106 valence electrons. The third-order valence-electron chi connectivity index (χ3n) is 3.43. The molecule has 2 N–H and O–H groups in total. The molecule has 6 heteroatoms. The summed E-state index contributed by atoms with van der Waals surface area (Å²) in [6.07, 6.45) is 0.823. The summed E-state index contributed by atoms with van der Waals surface area (Å²) in [5, 5.41) is 16.6. The van der Waals surface area contributed by atoms with Crippen LogP contribution in [-0.4, -0.2) is 35.0 Å². The topological polar surface area (TPSA) is 80.4 Å². The fourth-order valence-corrected chi connectivity index (χ4v) is 2.41. The molecule has 0 aliphatic carbocycles. The zero-order valence-electron chi connectivity index (χ0n) is 11.2. The number of nitrogens with zero attached hydrogens (tertiary/aromatic N) is 2. The lowest BCUT2D eigenvalue weighted by Crippen LogP contribution is -2.15. The van der Waals surface area contributed by atoms with Gasteiger partial charge >= 0.3 is 0 Å². The van der Waals surface area contributed by atoms with Crippen molar-refractivity contribution in [1.82, 2.24) is 15.5 Å². The maximum Gasteiger partial charge on any atom is 0.243 e. The van der Waals surface area contributed by atoms with E-state index >= 15 is 0 Å². The van der Waals surface area contributed by atoms with Crippen LogP contribution in [0.5, 0.6) is 5.75 Å². The highest BCUT2D eigenvalue weighted by Gasteiger charge is 2.28. The highest BCUT2D eigenvalue weighted by atomic mass is 16.5. The van der Waals surface area contributed by atoms with Gasteiger partial charge in [0, 0.05) is 18.5 Å². The monoisotopic (exact) mass is 275 g/mol. The summed E-state index contributed by atoms with van der Waals surface area (Å²) in [5.41, 5.74) is 1.02. The zero-order valence-corrected chi connectivity index (χ0v) is 11.2. The van der Waals surface area contributed by atoms with Gasteiger partial charge in [-0.3, -0.25) is 0 Å². The van der Waals surface area contributed by atoms with Crippen LogP contribution in [-0.2, 0) is 6.42 Å². The Morgan fingerprint density at radius 2 is 2.30 bits per heavy atom. The maximum atomic E-state index is 9.50. The molecular formula is C14H17N3O3. The number of nitrogens with one attached hydrogen (secondary N) is 1. The summed E-state index contributed by atoms with van der Waals surface area (Å²) in [5.74, 6) is 1.97. The molecular weight excluding hydrogens is 258 g/mol. The van der Waals surface area contributed by atoms with E-state index in [0.717, 1.165) is 11.3 Å². The van der Waals surface area contributed by atoms with Crippen molar-refractivity contribution in [2.45, 2.75) is 25.0 Å². The Balaban J connectivity index is 1.74. The largest absolute Gasteiger partial charge is 0.496 e. The summed E-state index contributed by atoms with van der Waals surface area (Å²) in [4.78, 5) is 4.39. The Kier molecular flexibility index (Phi) is 3.66. The third kappa shape index (κ3) is 2.66. The van der Waals surface area contributed by atoms with Gasteiger partial charge in [0.1, 0.15) is 5.75 Å². The van der Waals surface area contributed by atoms with Crippen molar-refractivity contribution < 1.29 is 14.4 Å². The molecule has 1 aliphatic heterocycles. The first-order valence-electron chi connectivity index (χ1n) is 6.62. The average molecular weight is 275 g/mol. The first kappa shape index (κ1) is 13.1. The van der Waals surface area contributed by atoms with E-state index in [1.165, 1.54) is 0 Å². The number of aliphatic hydroxyl groups is 1. The predicted octanol–water partition coefficient (Wildman–Crippen LogP) is 1.06. The van der Waals surface area contributed by atoms with Gasteiger partial charge in [-0.05, 0) is 12.5 Å². The lowest BCUT2D eigenvalue weighted by atomic mass is 10.1. The standard InChI is InChI=1S/C14H17N3O3/c1-19-12-5-3-2-4-9(12)6-13-16-14(20-17-13)11-7-10(18)8-15-11/h2-5,10-11,15,18H,6-8H2,1H3/t10-,11-/m1/s1. The van der Waals surface area contributed by atoms with Crippen molar-refractivity contribution in [2.75, 3.05) is 13.7 Å². The minimum atomic E-state index is -0.343. The Morgan fingerprint density at radius 1 is 1.45 bits per heavy atom. The van der Waals surface area contributed by atoms with Crippen LogP contribution in [0.4, 0.5) is 0 Å².